The molecule has 22 heavy (non-hydrogen) atoms. The number of nitrogens with zero attached hydrogens (tertiary/aromatic N) is 1. The molecule has 4 nitrogen and oxygen atoms in total. The minimum absolute atomic E-state index is 0.0528. The molecule has 4 rings (SSSR count). The average molecular weight is 289 g/mol. The third kappa shape index (κ3) is 2.19. The highest BCUT2D eigenvalue weighted by Gasteiger charge is 2.30. The number of carbonyl (C=O) groups is 1. The second-order valence-electron chi connectivity index (χ2n) is 5.46. The molecule has 1 amide bonds. The maximum atomic E-state index is 12.2. The number of carbonyl (C=O) groups excluding carboxylic acids is 1. The van der Waals surface area contributed by atoms with Crippen LogP contribution in [0.1, 0.15) is 17.2 Å². The lowest BCUT2D eigenvalue weighted by molar-refractivity contribution is -0.117. The lowest BCUT2D eigenvalue weighted by Crippen LogP contribution is -2.14. The second kappa shape index (κ2) is 5.15. The van der Waals surface area contributed by atoms with Gasteiger partial charge in [0.25, 0.3) is 0 Å². The van der Waals surface area contributed by atoms with Gasteiger partial charge in [0.05, 0.1) is 5.92 Å². The molecule has 2 N–H and O–H groups in total. The van der Waals surface area contributed by atoms with Crippen molar-refractivity contribution in [3.63, 3.8) is 0 Å². The Labute approximate surface area is 128 Å². The van der Waals surface area contributed by atoms with E-state index in [2.05, 4.69) is 15.3 Å². The number of hydrogen-bond acceptors (Lipinski definition) is 2. The lowest BCUT2D eigenvalue weighted by Gasteiger charge is -2.06. The fourth-order valence-corrected chi connectivity index (χ4v) is 2.90. The number of aromatic amines is 1. The highest BCUT2D eigenvalue weighted by Crippen LogP contribution is 2.34. The van der Waals surface area contributed by atoms with Crippen LogP contribution in [0.25, 0.3) is 11.4 Å². The van der Waals surface area contributed by atoms with Crippen LogP contribution >= 0.6 is 0 Å². The number of fused-ring (bicyclic) bond motifs is 1. The van der Waals surface area contributed by atoms with E-state index in [0.29, 0.717) is 6.42 Å². The first-order chi connectivity index (χ1) is 10.8. The molecule has 0 radical (unpaired) electrons. The molecule has 0 aliphatic carbocycles. The van der Waals surface area contributed by atoms with E-state index in [9.17, 15) is 4.79 Å². The molecule has 3 aromatic rings. The summed E-state index contributed by atoms with van der Waals surface area (Å²) in [7, 11) is 0. The molecule has 0 saturated heterocycles. The van der Waals surface area contributed by atoms with Crippen molar-refractivity contribution >= 4 is 11.6 Å². The van der Waals surface area contributed by atoms with Crippen molar-refractivity contribution in [2.75, 3.05) is 5.32 Å². The van der Waals surface area contributed by atoms with Crippen LogP contribution in [-0.4, -0.2) is 15.9 Å². The highest BCUT2D eigenvalue weighted by molar-refractivity contribution is 6.02. The summed E-state index contributed by atoms with van der Waals surface area (Å²) in [6.07, 6.45) is 2.44. The molecule has 0 bridgehead atoms. The fourth-order valence-electron chi connectivity index (χ4n) is 2.90. The van der Waals surface area contributed by atoms with Crippen LogP contribution < -0.4 is 5.32 Å². The zero-order valence-electron chi connectivity index (χ0n) is 11.9. The summed E-state index contributed by atoms with van der Waals surface area (Å²) in [5.74, 6) is 0.736. The van der Waals surface area contributed by atoms with Gasteiger partial charge in [0.2, 0.25) is 5.91 Å². The van der Waals surface area contributed by atoms with E-state index in [-0.39, 0.29) is 11.8 Å². The smallest absolute Gasteiger partial charge is 0.232 e. The van der Waals surface area contributed by atoms with Gasteiger partial charge in [0.15, 0.2) is 0 Å². The van der Waals surface area contributed by atoms with Crippen molar-refractivity contribution in [1.82, 2.24) is 9.97 Å². The number of para-hydroxylation sites is 1. The molecule has 1 aromatic heterocycles. The molecule has 0 saturated carbocycles. The molecule has 1 aliphatic heterocycles. The lowest BCUT2D eigenvalue weighted by atomic mass is 9.96. The fraction of sp³-hybridized carbons (Fsp3) is 0.111. The summed E-state index contributed by atoms with van der Waals surface area (Å²) >= 11 is 0. The maximum absolute atomic E-state index is 12.2. The molecule has 0 fully saturated rings. The van der Waals surface area contributed by atoms with Crippen molar-refractivity contribution in [3.05, 3.63) is 72.1 Å². The van der Waals surface area contributed by atoms with E-state index >= 15 is 0 Å². The van der Waals surface area contributed by atoms with Gasteiger partial charge in [-0.05, 0) is 11.6 Å². The minimum atomic E-state index is -0.153. The van der Waals surface area contributed by atoms with Crippen molar-refractivity contribution in [2.24, 2.45) is 0 Å². The molecular formula is C18H15N3O. The Morgan fingerprint density at radius 1 is 1.00 bits per heavy atom. The number of rotatable bonds is 3. The first-order valence-electron chi connectivity index (χ1n) is 7.30. The third-order valence-corrected chi connectivity index (χ3v) is 4.01. The van der Waals surface area contributed by atoms with Crippen molar-refractivity contribution in [3.8, 4) is 11.4 Å². The quantitative estimate of drug-likeness (QED) is 0.776. The zero-order valence-corrected chi connectivity index (χ0v) is 11.9. The van der Waals surface area contributed by atoms with Crippen LogP contribution in [0.2, 0.25) is 0 Å². The number of hydrogen-bond donors (Lipinski definition) is 2. The first-order valence-corrected chi connectivity index (χ1v) is 7.30. The summed E-state index contributed by atoms with van der Waals surface area (Å²) in [5.41, 5.74) is 3.99. The van der Waals surface area contributed by atoms with Gasteiger partial charge in [-0.25, -0.2) is 4.98 Å². The Hall–Kier alpha value is -2.88. The van der Waals surface area contributed by atoms with E-state index in [4.69, 9.17) is 0 Å². The SMILES string of the molecule is O=C1Nc2ccccc2C1Cc1cnc(-c2ccccc2)[nH]1. The molecule has 2 aromatic carbocycles. The van der Waals surface area contributed by atoms with Crippen molar-refractivity contribution in [1.29, 1.82) is 0 Å². The van der Waals surface area contributed by atoms with E-state index in [1.807, 2.05) is 60.8 Å². The average Bonchev–Trinajstić information content (AvgIpc) is 3.14. The molecule has 4 heteroatoms. The topological polar surface area (TPSA) is 57.8 Å². The third-order valence-electron chi connectivity index (χ3n) is 4.01. The van der Waals surface area contributed by atoms with Crippen LogP contribution in [0.15, 0.2) is 60.8 Å². The van der Waals surface area contributed by atoms with Crippen LogP contribution in [-0.2, 0) is 11.2 Å². The normalized spacial score (nSPS) is 16.4. The number of benzene rings is 2. The Morgan fingerprint density at radius 3 is 2.64 bits per heavy atom. The van der Waals surface area contributed by atoms with Crippen molar-refractivity contribution in [2.45, 2.75) is 12.3 Å². The number of H-pyrrole nitrogens is 1. The van der Waals surface area contributed by atoms with Crippen LogP contribution in [0, 0.1) is 0 Å². The number of aromatic nitrogens is 2. The van der Waals surface area contributed by atoms with Gasteiger partial charge in [0.1, 0.15) is 5.82 Å². The minimum Gasteiger partial charge on any atom is -0.342 e. The predicted octanol–water partition coefficient (Wildman–Crippen LogP) is 3.36. The van der Waals surface area contributed by atoms with E-state index in [1.165, 1.54) is 0 Å². The van der Waals surface area contributed by atoms with Crippen LogP contribution in [0.4, 0.5) is 5.69 Å². The second-order valence-corrected chi connectivity index (χ2v) is 5.46. The van der Waals surface area contributed by atoms with Crippen molar-refractivity contribution < 1.29 is 4.79 Å². The number of imidazole rings is 1. The van der Waals surface area contributed by atoms with E-state index in [0.717, 1.165) is 28.3 Å². The summed E-state index contributed by atoms with van der Waals surface area (Å²) < 4.78 is 0. The summed E-state index contributed by atoms with van der Waals surface area (Å²) in [5, 5.41) is 2.93. The van der Waals surface area contributed by atoms with Crippen LogP contribution in [0.5, 0.6) is 0 Å². The molecule has 1 aliphatic rings. The Balaban J connectivity index is 1.60. The van der Waals surface area contributed by atoms with Gasteiger partial charge >= 0.3 is 0 Å². The molecule has 2 heterocycles. The van der Waals surface area contributed by atoms with Gasteiger partial charge in [-0.3, -0.25) is 4.79 Å². The van der Waals surface area contributed by atoms with Gasteiger partial charge in [-0.1, -0.05) is 48.5 Å². The summed E-state index contributed by atoms with van der Waals surface area (Å²) in [6.45, 7) is 0. The van der Waals surface area contributed by atoms with Gasteiger partial charge in [0, 0.05) is 29.6 Å². The van der Waals surface area contributed by atoms with Crippen LogP contribution in [0.3, 0.4) is 0 Å². The summed E-state index contributed by atoms with van der Waals surface area (Å²) in [4.78, 5) is 19.9. The van der Waals surface area contributed by atoms with Gasteiger partial charge < -0.3 is 10.3 Å². The zero-order chi connectivity index (χ0) is 14.9. The number of anilines is 1. The van der Waals surface area contributed by atoms with E-state index < -0.39 is 0 Å². The largest absolute Gasteiger partial charge is 0.342 e. The van der Waals surface area contributed by atoms with E-state index in [1.54, 1.807) is 0 Å². The Bertz CT molecular complexity index is 823. The monoisotopic (exact) mass is 289 g/mol. The molecule has 1 unspecified atom stereocenters. The Kier molecular flexibility index (Phi) is 3.00. The first kappa shape index (κ1) is 12.8. The summed E-state index contributed by atoms with van der Waals surface area (Å²) in [6, 6.07) is 17.8. The molecule has 108 valence electrons. The molecule has 1 atom stereocenters. The Morgan fingerprint density at radius 2 is 1.77 bits per heavy atom. The number of nitrogens with one attached hydrogen (secondary N) is 2. The predicted molar refractivity (Wildman–Crippen MR) is 85.5 cm³/mol. The standard InChI is InChI=1S/C18H15N3O/c22-18-15(14-8-4-5-9-16(14)21-18)10-13-11-19-17(20-13)12-6-2-1-3-7-12/h1-9,11,15H,10H2,(H,19,20)(H,21,22). The molecular weight excluding hydrogens is 274 g/mol. The maximum Gasteiger partial charge on any atom is 0.232 e. The van der Waals surface area contributed by atoms with Gasteiger partial charge in [-0.2, -0.15) is 0 Å². The number of amides is 1. The van der Waals surface area contributed by atoms with Gasteiger partial charge in [-0.15, -0.1) is 0 Å². The highest BCUT2D eigenvalue weighted by atomic mass is 16.2. The molecule has 0 spiro atoms.